The molecule has 0 radical (unpaired) electrons. The molecule has 3 unspecified atom stereocenters. The van der Waals surface area contributed by atoms with Gasteiger partial charge in [0.2, 0.25) is 0 Å². The van der Waals surface area contributed by atoms with Gasteiger partial charge in [0.25, 0.3) is 0 Å². The standard InChI is InChI=1S/C17H33N3/c1-19-10-5-8-15-13-20(11-9-16(15)19)17(12-18)14-6-3-2-4-7-14/h14-17H,2-13,18H2,1H3. The van der Waals surface area contributed by atoms with Crippen molar-refractivity contribution >= 4 is 0 Å². The van der Waals surface area contributed by atoms with E-state index in [1.165, 1.54) is 71.0 Å². The summed E-state index contributed by atoms with van der Waals surface area (Å²) in [5.74, 6) is 1.78. The highest BCUT2D eigenvalue weighted by molar-refractivity contribution is 4.93. The molecule has 0 amide bonds. The highest BCUT2D eigenvalue weighted by atomic mass is 15.2. The normalized spacial score (nSPS) is 35.7. The van der Waals surface area contributed by atoms with Crippen LogP contribution in [-0.4, -0.2) is 55.1 Å². The monoisotopic (exact) mass is 279 g/mol. The Morgan fingerprint density at radius 1 is 1.00 bits per heavy atom. The molecule has 2 N–H and O–H groups in total. The van der Waals surface area contributed by atoms with Gasteiger partial charge in [0.1, 0.15) is 0 Å². The van der Waals surface area contributed by atoms with Crippen molar-refractivity contribution in [3.05, 3.63) is 0 Å². The molecule has 2 saturated heterocycles. The van der Waals surface area contributed by atoms with E-state index in [9.17, 15) is 0 Å². The van der Waals surface area contributed by atoms with Crippen LogP contribution in [0, 0.1) is 11.8 Å². The van der Waals surface area contributed by atoms with E-state index in [2.05, 4.69) is 16.8 Å². The molecule has 116 valence electrons. The largest absolute Gasteiger partial charge is 0.329 e. The number of fused-ring (bicyclic) bond motifs is 1. The fraction of sp³-hybridized carbons (Fsp3) is 1.00. The van der Waals surface area contributed by atoms with E-state index in [1.54, 1.807) is 0 Å². The highest BCUT2D eigenvalue weighted by Crippen LogP contribution is 2.34. The Balaban J connectivity index is 1.61. The van der Waals surface area contributed by atoms with Crippen LogP contribution in [0.2, 0.25) is 0 Å². The van der Waals surface area contributed by atoms with Gasteiger partial charge in [-0.3, -0.25) is 4.90 Å². The first kappa shape index (κ1) is 14.8. The van der Waals surface area contributed by atoms with E-state index in [-0.39, 0.29) is 0 Å². The number of piperidine rings is 2. The van der Waals surface area contributed by atoms with Crippen molar-refractivity contribution in [2.24, 2.45) is 17.6 Å². The van der Waals surface area contributed by atoms with Gasteiger partial charge in [0.05, 0.1) is 0 Å². The summed E-state index contributed by atoms with van der Waals surface area (Å²) in [4.78, 5) is 5.39. The molecule has 1 aliphatic carbocycles. The smallest absolute Gasteiger partial charge is 0.0246 e. The third-order valence-electron chi connectivity index (χ3n) is 6.28. The number of hydrogen-bond donors (Lipinski definition) is 1. The third-order valence-corrected chi connectivity index (χ3v) is 6.28. The Morgan fingerprint density at radius 3 is 2.55 bits per heavy atom. The minimum atomic E-state index is 0.670. The summed E-state index contributed by atoms with van der Waals surface area (Å²) in [6.45, 7) is 4.78. The maximum absolute atomic E-state index is 6.18. The van der Waals surface area contributed by atoms with Crippen LogP contribution in [0.3, 0.4) is 0 Å². The van der Waals surface area contributed by atoms with E-state index in [0.29, 0.717) is 6.04 Å². The zero-order chi connectivity index (χ0) is 13.9. The summed E-state index contributed by atoms with van der Waals surface area (Å²) in [7, 11) is 2.33. The summed E-state index contributed by atoms with van der Waals surface area (Å²) in [5, 5.41) is 0. The van der Waals surface area contributed by atoms with E-state index < -0.39 is 0 Å². The molecule has 3 atom stereocenters. The zero-order valence-electron chi connectivity index (χ0n) is 13.3. The molecule has 0 spiro atoms. The van der Waals surface area contributed by atoms with Crippen LogP contribution in [0.1, 0.15) is 51.4 Å². The lowest BCUT2D eigenvalue weighted by Gasteiger charge is -2.49. The number of rotatable bonds is 3. The summed E-state index contributed by atoms with van der Waals surface area (Å²) in [6.07, 6.45) is 11.4. The van der Waals surface area contributed by atoms with Crippen molar-refractivity contribution < 1.29 is 0 Å². The summed E-state index contributed by atoms with van der Waals surface area (Å²) in [6, 6.07) is 1.52. The molecular weight excluding hydrogens is 246 g/mol. The van der Waals surface area contributed by atoms with Crippen molar-refractivity contribution in [3.63, 3.8) is 0 Å². The van der Waals surface area contributed by atoms with Crippen molar-refractivity contribution in [3.8, 4) is 0 Å². The van der Waals surface area contributed by atoms with Crippen LogP contribution in [0.25, 0.3) is 0 Å². The van der Waals surface area contributed by atoms with Gasteiger partial charge in [-0.25, -0.2) is 0 Å². The van der Waals surface area contributed by atoms with Gasteiger partial charge in [-0.15, -0.1) is 0 Å². The van der Waals surface area contributed by atoms with Crippen LogP contribution in [0.4, 0.5) is 0 Å². The van der Waals surface area contributed by atoms with E-state index >= 15 is 0 Å². The van der Waals surface area contributed by atoms with E-state index in [1.807, 2.05) is 0 Å². The first-order chi connectivity index (χ1) is 9.79. The molecule has 3 aliphatic rings. The average molecular weight is 279 g/mol. The van der Waals surface area contributed by atoms with Crippen LogP contribution < -0.4 is 5.73 Å². The topological polar surface area (TPSA) is 32.5 Å². The molecule has 2 aliphatic heterocycles. The molecular formula is C17H33N3. The molecule has 3 heteroatoms. The lowest BCUT2D eigenvalue weighted by atomic mass is 9.79. The predicted octanol–water partition coefficient (Wildman–Crippen LogP) is 2.31. The van der Waals surface area contributed by atoms with Crippen molar-refractivity contribution in [2.45, 2.75) is 63.5 Å². The van der Waals surface area contributed by atoms with E-state index in [4.69, 9.17) is 5.73 Å². The molecule has 0 aromatic heterocycles. The van der Waals surface area contributed by atoms with Crippen LogP contribution >= 0.6 is 0 Å². The number of hydrogen-bond acceptors (Lipinski definition) is 3. The second-order valence-corrected chi connectivity index (χ2v) is 7.44. The fourth-order valence-electron chi connectivity index (χ4n) is 5.14. The van der Waals surface area contributed by atoms with E-state index in [0.717, 1.165) is 24.4 Å². The van der Waals surface area contributed by atoms with Crippen molar-refractivity contribution in [1.29, 1.82) is 0 Å². The second kappa shape index (κ2) is 6.76. The second-order valence-electron chi connectivity index (χ2n) is 7.44. The molecule has 0 bridgehead atoms. The summed E-state index contributed by atoms with van der Waals surface area (Å²) in [5.41, 5.74) is 6.18. The van der Waals surface area contributed by atoms with Gasteiger partial charge in [0, 0.05) is 31.7 Å². The Hall–Kier alpha value is -0.120. The maximum atomic E-state index is 6.18. The molecule has 1 saturated carbocycles. The molecule has 3 nitrogen and oxygen atoms in total. The minimum absolute atomic E-state index is 0.670. The number of nitrogens with zero attached hydrogens (tertiary/aromatic N) is 2. The Labute approximate surface area is 124 Å². The quantitative estimate of drug-likeness (QED) is 0.860. The summed E-state index contributed by atoms with van der Waals surface area (Å²) >= 11 is 0. The average Bonchev–Trinajstić information content (AvgIpc) is 2.49. The number of nitrogens with two attached hydrogens (primary N) is 1. The Morgan fingerprint density at radius 2 is 1.80 bits per heavy atom. The molecule has 20 heavy (non-hydrogen) atoms. The lowest BCUT2D eigenvalue weighted by molar-refractivity contribution is 0.00466. The molecule has 3 rings (SSSR count). The first-order valence-electron chi connectivity index (χ1n) is 8.94. The third kappa shape index (κ3) is 3.05. The number of likely N-dealkylation sites (tertiary alicyclic amines) is 2. The minimum Gasteiger partial charge on any atom is -0.329 e. The predicted molar refractivity (Wildman–Crippen MR) is 84.7 cm³/mol. The van der Waals surface area contributed by atoms with Gasteiger partial charge in [-0.2, -0.15) is 0 Å². The highest BCUT2D eigenvalue weighted by Gasteiger charge is 2.37. The van der Waals surface area contributed by atoms with Crippen molar-refractivity contribution in [2.75, 3.05) is 33.2 Å². The lowest BCUT2D eigenvalue weighted by Crippen LogP contribution is -2.57. The molecule has 0 aromatic carbocycles. The zero-order valence-corrected chi connectivity index (χ0v) is 13.3. The van der Waals surface area contributed by atoms with Crippen molar-refractivity contribution in [1.82, 2.24) is 9.80 Å². The Kier molecular flexibility index (Phi) is 5.00. The summed E-state index contributed by atoms with van der Waals surface area (Å²) < 4.78 is 0. The first-order valence-corrected chi connectivity index (χ1v) is 8.94. The molecule has 3 fully saturated rings. The van der Waals surface area contributed by atoms with Gasteiger partial charge in [0.15, 0.2) is 0 Å². The fourth-order valence-corrected chi connectivity index (χ4v) is 5.14. The molecule has 2 heterocycles. The maximum Gasteiger partial charge on any atom is 0.0246 e. The van der Waals surface area contributed by atoms with Gasteiger partial charge < -0.3 is 10.6 Å². The SMILES string of the molecule is CN1CCCC2CN(C(CN)C3CCCCC3)CCC21. The van der Waals surface area contributed by atoms with Crippen LogP contribution in [-0.2, 0) is 0 Å². The van der Waals surface area contributed by atoms with Crippen LogP contribution in [0.5, 0.6) is 0 Å². The van der Waals surface area contributed by atoms with Crippen LogP contribution in [0.15, 0.2) is 0 Å². The van der Waals surface area contributed by atoms with Gasteiger partial charge >= 0.3 is 0 Å². The van der Waals surface area contributed by atoms with Gasteiger partial charge in [-0.1, -0.05) is 19.3 Å². The molecule has 0 aromatic rings. The van der Waals surface area contributed by atoms with Gasteiger partial charge in [-0.05, 0) is 57.5 Å². The Bertz CT molecular complexity index is 301.